The number of hydrogen-bond donors (Lipinski definition) is 1. The van der Waals surface area contributed by atoms with Crippen molar-refractivity contribution in [1.82, 2.24) is 4.98 Å². The lowest BCUT2D eigenvalue weighted by atomic mass is 10.3. The standard InChI is InChI=1S/C11H16N2S/c12-8-9-7-11(5-6-13-9)14-10-3-1-2-4-10/h5-7,10H,1-4,8,12H2. The Bertz CT molecular complexity index is 295. The van der Waals surface area contributed by atoms with E-state index in [1.807, 2.05) is 18.0 Å². The average Bonchev–Trinajstić information content (AvgIpc) is 2.71. The Labute approximate surface area is 89.3 Å². The summed E-state index contributed by atoms with van der Waals surface area (Å²) in [5.41, 5.74) is 6.55. The van der Waals surface area contributed by atoms with Crippen LogP contribution in [-0.2, 0) is 6.54 Å². The first-order valence-electron chi connectivity index (χ1n) is 5.20. The summed E-state index contributed by atoms with van der Waals surface area (Å²) in [5.74, 6) is 0. The van der Waals surface area contributed by atoms with Gasteiger partial charge in [0.15, 0.2) is 0 Å². The zero-order chi connectivity index (χ0) is 9.80. The monoisotopic (exact) mass is 208 g/mol. The highest BCUT2D eigenvalue weighted by Crippen LogP contribution is 2.34. The lowest BCUT2D eigenvalue weighted by Crippen LogP contribution is -2.00. The Hall–Kier alpha value is -0.540. The Kier molecular flexibility index (Phi) is 3.43. The van der Waals surface area contributed by atoms with Crippen LogP contribution in [0.2, 0.25) is 0 Å². The Balaban J connectivity index is 2.00. The minimum atomic E-state index is 0.541. The molecule has 0 aliphatic heterocycles. The summed E-state index contributed by atoms with van der Waals surface area (Å²) in [5, 5.41) is 0.822. The summed E-state index contributed by atoms with van der Waals surface area (Å²) in [6.45, 7) is 0.541. The number of rotatable bonds is 3. The average molecular weight is 208 g/mol. The van der Waals surface area contributed by atoms with Crippen LogP contribution in [0.5, 0.6) is 0 Å². The van der Waals surface area contributed by atoms with E-state index in [1.165, 1.54) is 30.6 Å². The molecule has 0 radical (unpaired) electrons. The molecule has 2 rings (SSSR count). The molecule has 1 aliphatic rings. The number of hydrogen-bond acceptors (Lipinski definition) is 3. The van der Waals surface area contributed by atoms with E-state index in [2.05, 4.69) is 17.1 Å². The van der Waals surface area contributed by atoms with Crippen LogP contribution in [0.1, 0.15) is 31.4 Å². The highest BCUT2D eigenvalue weighted by Gasteiger charge is 2.15. The van der Waals surface area contributed by atoms with Crippen LogP contribution in [0.25, 0.3) is 0 Å². The Morgan fingerprint density at radius 2 is 2.21 bits per heavy atom. The fourth-order valence-corrected chi connectivity index (χ4v) is 3.14. The van der Waals surface area contributed by atoms with Gasteiger partial charge < -0.3 is 5.73 Å². The zero-order valence-corrected chi connectivity index (χ0v) is 9.09. The quantitative estimate of drug-likeness (QED) is 0.829. The predicted octanol–water partition coefficient (Wildman–Crippen LogP) is 2.58. The third-order valence-electron chi connectivity index (χ3n) is 2.60. The fourth-order valence-electron chi connectivity index (χ4n) is 1.84. The predicted molar refractivity (Wildman–Crippen MR) is 60.2 cm³/mol. The maximum atomic E-state index is 5.56. The van der Waals surface area contributed by atoms with E-state index in [0.717, 1.165) is 10.9 Å². The molecule has 14 heavy (non-hydrogen) atoms. The second-order valence-electron chi connectivity index (χ2n) is 3.71. The van der Waals surface area contributed by atoms with Gasteiger partial charge in [-0.05, 0) is 25.0 Å². The number of aromatic nitrogens is 1. The molecule has 0 aromatic carbocycles. The Morgan fingerprint density at radius 3 is 2.93 bits per heavy atom. The first kappa shape index (κ1) is 9.99. The highest BCUT2D eigenvalue weighted by molar-refractivity contribution is 8.00. The summed E-state index contributed by atoms with van der Waals surface area (Å²) < 4.78 is 0. The van der Waals surface area contributed by atoms with Gasteiger partial charge in [0.25, 0.3) is 0 Å². The van der Waals surface area contributed by atoms with Gasteiger partial charge in [-0.1, -0.05) is 12.8 Å². The van der Waals surface area contributed by atoms with E-state index in [0.29, 0.717) is 6.54 Å². The van der Waals surface area contributed by atoms with Crippen molar-refractivity contribution in [2.45, 2.75) is 42.4 Å². The first-order chi connectivity index (χ1) is 6.88. The molecule has 1 aromatic heterocycles. The number of nitrogens with two attached hydrogens (primary N) is 1. The van der Waals surface area contributed by atoms with Gasteiger partial charge in [-0.15, -0.1) is 11.8 Å². The SMILES string of the molecule is NCc1cc(SC2CCCC2)ccn1. The van der Waals surface area contributed by atoms with E-state index < -0.39 is 0 Å². The number of thioether (sulfide) groups is 1. The lowest BCUT2D eigenvalue weighted by Gasteiger charge is -2.08. The van der Waals surface area contributed by atoms with Crippen molar-refractivity contribution in [3.63, 3.8) is 0 Å². The van der Waals surface area contributed by atoms with Crippen molar-refractivity contribution >= 4 is 11.8 Å². The molecular formula is C11H16N2S. The Morgan fingerprint density at radius 1 is 1.43 bits per heavy atom. The summed E-state index contributed by atoms with van der Waals surface area (Å²) >= 11 is 1.99. The van der Waals surface area contributed by atoms with E-state index in [4.69, 9.17) is 5.73 Å². The van der Waals surface area contributed by atoms with Gasteiger partial charge in [0.05, 0.1) is 5.69 Å². The van der Waals surface area contributed by atoms with Crippen LogP contribution in [0.15, 0.2) is 23.2 Å². The van der Waals surface area contributed by atoms with Crippen molar-refractivity contribution in [1.29, 1.82) is 0 Å². The van der Waals surface area contributed by atoms with Crippen LogP contribution < -0.4 is 5.73 Å². The maximum absolute atomic E-state index is 5.56. The van der Waals surface area contributed by atoms with Crippen LogP contribution >= 0.6 is 11.8 Å². The van der Waals surface area contributed by atoms with Gasteiger partial charge in [-0.25, -0.2) is 0 Å². The van der Waals surface area contributed by atoms with E-state index >= 15 is 0 Å². The molecule has 2 nitrogen and oxygen atoms in total. The van der Waals surface area contributed by atoms with Crippen molar-refractivity contribution in [2.75, 3.05) is 0 Å². The molecule has 3 heteroatoms. The van der Waals surface area contributed by atoms with E-state index in [9.17, 15) is 0 Å². The van der Waals surface area contributed by atoms with E-state index in [-0.39, 0.29) is 0 Å². The molecule has 0 spiro atoms. The third-order valence-corrected chi connectivity index (χ3v) is 3.93. The van der Waals surface area contributed by atoms with Crippen LogP contribution in [0.4, 0.5) is 0 Å². The molecule has 0 bridgehead atoms. The molecule has 1 heterocycles. The summed E-state index contributed by atoms with van der Waals surface area (Å²) in [6, 6.07) is 4.20. The fraction of sp³-hybridized carbons (Fsp3) is 0.545. The van der Waals surface area contributed by atoms with Crippen LogP contribution in [0.3, 0.4) is 0 Å². The highest BCUT2D eigenvalue weighted by atomic mass is 32.2. The summed E-state index contributed by atoms with van der Waals surface area (Å²) in [6.07, 6.45) is 7.38. The normalized spacial score (nSPS) is 17.5. The first-order valence-corrected chi connectivity index (χ1v) is 6.08. The second kappa shape index (κ2) is 4.80. The number of nitrogens with zero attached hydrogens (tertiary/aromatic N) is 1. The second-order valence-corrected chi connectivity index (χ2v) is 5.09. The van der Waals surface area contributed by atoms with Gasteiger partial charge in [-0.2, -0.15) is 0 Å². The molecule has 0 unspecified atom stereocenters. The number of pyridine rings is 1. The third kappa shape index (κ3) is 2.49. The smallest absolute Gasteiger partial charge is 0.0550 e. The maximum Gasteiger partial charge on any atom is 0.0550 e. The molecule has 2 N–H and O–H groups in total. The molecule has 1 aromatic rings. The van der Waals surface area contributed by atoms with Crippen LogP contribution in [-0.4, -0.2) is 10.2 Å². The largest absolute Gasteiger partial charge is 0.325 e. The molecule has 1 aliphatic carbocycles. The molecule has 0 atom stereocenters. The molecule has 1 fully saturated rings. The van der Waals surface area contributed by atoms with Crippen LogP contribution in [0, 0.1) is 0 Å². The van der Waals surface area contributed by atoms with Crippen molar-refractivity contribution < 1.29 is 0 Å². The summed E-state index contributed by atoms with van der Waals surface area (Å²) in [7, 11) is 0. The molecule has 0 saturated heterocycles. The lowest BCUT2D eigenvalue weighted by molar-refractivity contribution is 0.886. The summed E-state index contributed by atoms with van der Waals surface area (Å²) in [4.78, 5) is 5.52. The molecular weight excluding hydrogens is 192 g/mol. The van der Waals surface area contributed by atoms with Gasteiger partial charge in [0, 0.05) is 22.9 Å². The van der Waals surface area contributed by atoms with Gasteiger partial charge in [-0.3, -0.25) is 4.98 Å². The molecule has 0 amide bonds. The van der Waals surface area contributed by atoms with Gasteiger partial charge in [0.2, 0.25) is 0 Å². The van der Waals surface area contributed by atoms with Crippen molar-refractivity contribution in [2.24, 2.45) is 5.73 Å². The molecule has 1 saturated carbocycles. The van der Waals surface area contributed by atoms with E-state index in [1.54, 1.807) is 0 Å². The minimum absolute atomic E-state index is 0.541. The van der Waals surface area contributed by atoms with Gasteiger partial charge >= 0.3 is 0 Å². The van der Waals surface area contributed by atoms with Crippen molar-refractivity contribution in [3.8, 4) is 0 Å². The van der Waals surface area contributed by atoms with Gasteiger partial charge in [0.1, 0.15) is 0 Å². The zero-order valence-electron chi connectivity index (χ0n) is 8.28. The topological polar surface area (TPSA) is 38.9 Å². The minimum Gasteiger partial charge on any atom is -0.325 e. The van der Waals surface area contributed by atoms with Crippen molar-refractivity contribution in [3.05, 3.63) is 24.0 Å². The molecule has 76 valence electrons.